The summed E-state index contributed by atoms with van der Waals surface area (Å²) in [6, 6.07) is 0.383. The summed E-state index contributed by atoms with van der Waals surface area (Å²) in [5.74, 6) is 1.08. The van der Waals surface area contributed by atoms with Crippen molar-refractivity contribution in [1.29, 1.82) is 0 Å². The zero-order valence-electron chi connectivity index (χ0n) is 12.0. The van der Waals surface area contributed by atoms with E-state index in [4.69, 9.17) is 0 Å². The molecule has 0 bridgehead atoms. The average Bonchev–Trinajstić information content (AvgIpc) is 2.87. The molecule has 0 saturated carbocycles. The maximum atomic E-state index is 4.39. The summed E-state index contributed by atoms with van der Waals surface area (Å²) in [6.07, 6.45) is 2.92. The Morgan fingerprint density at radius 3 is 2.94 bits per heavy atom. The number of nitrogens with zero attached hydrogens (tertiary/aromatic N) is 4. The molecule has 1 N–H and O–H groups in total. The van der Waals surface area contributed by atoms with Crippen LogP contribution in [0.4, 0.5) is 0 Å². The summed E-state index contributed by atoms with van der Waals surface area (Å²) in [5.41, 5.74) is 0.400. The van der Waals surface area contributed by atoms with E-state index in [1.807, 2.05) is 11.7 Å². The van der Waals surface area contributed by atoms with E-state index in [0.29, 0.717) is 11.5 Å². The molecule has 1 atom stereocenters. The quantitative estimate of drug-likeness (QED) is 0.856. The Hall–Kier alpha value is -0.940. The smallest absolute Gasteiger partial charge is 0.141 e. The lowest BCUT2D eigenvalue weighted by atomic mass is 9.90. The number of hydrogen-bond acceptors (Lipinski definition) is 4. The summed E-state index contributed by atoms with van der Waals surface area (Å²) in [4.78, 5) is 6.88. The zero-order chi connectivity index (χ0) is 13.2. The highest BCUT2D eigenvalue weighted by atomic mass is 15.4. The van der Waals surface area contributed by atoms with E-state index in [9.17, 15) is 0 Å². The van der Waals surface area contributed by atoms with Crippen molar-refractivity contribution in [3.63, 3.8) is 0 Å². The van der Waals surface area contributed by atoms with Crippen LogP contribution in [0.25, 0.3) is 0 Å². The topological polar surface area (TPSA) is 46.0 Å². The third kappa shape index (κ3) is 2.90. The van der Waals surface area contributed by atoms with Gasteiger partial charge in [0.1, 0.15) is 12.2 Å². The van der Waals surface area contributed by atoms with Gasteiger partial charge >= 0.3 is 0 Å². The van der Waals surface area contributed by atoms with Crippen LogP contribution in [0.15, 0.2) is 6.33 Å². The molecule has 0 spiro atoms. The van der Waals surface area contributed by atoms with Crippen LogP contribution in [-0.2, 0) is 6.54 Å². The Morgan fingerprint density at radius 2 is 2.28 bits per heavy atom. The Labute approximate surface area is 110 Å². The summed E-state index contributed by atoms with van der Waals surface area (Å²) in [5, 5.41) is 7.60. The van der Waals surface area contributed by atoms with Gasteiger partial charge in [0.05, 0.1) is 6.54 Å². The standard InChI is InChI=1S/C13H25N5/c1-11(2)18-12(15-10-16-18)7-17-6-5-13(3,9-17)8-14-4/h10-11,14H,5-9H2,1-4H3. The molecule has 0 radical (unpaired) electrons. The monoisotopic (exact) mass is 251 g/mol. The minimum absolute atomic E-state index is 0.383. The molecule has 5 heteroatoms. The van der Waals surface area contributed by atoms with Crippen molar-refractivity contribution in [1.82, 2.24) is 25.0 Å². The van der Waals surface area contributed by atoms with E-state index in [1.165, 1.54) is 6.42 Å². The minimum Gasteiger partial charge on any atom is -0.319 e. The van der Waals surface area contributed by atoms with E-state index in [0.717, 1.165) is 32.0 Å². The van der Waals surface area contributed by atoms with Gasteiger partial charge in [-0.25, -0.2) is 9.67 Å². The molecular weight excluding hydrogens is 226 g/mol. The second kappa shape index (κ2) is 5.36. The molecule has 1 fully saturated rings. The predicted molar refractivity (Wildman–Crippen MR) is 72.3 cm³/mol. The highest BCUT2D eigenvalue weighted by Crippen LogP contribution is 2.29. The van der Waals surface area contributed by atoms with E-state index in [2.05, 4.69) is 41.1 Å². The normalized spacial score (nSPS) is 25.2. The van der Waals surface area contributed by atoms with Gasteiger partial charge < -0.3 is 5.32 Å². The van der Waals surface area contributed by atoms with Crippen LogP contribution in [0, 0.1) is 5.41 Å². The Bertz CT molecular complexity index is 386. The van der Waals surface area contributed by atoms with Crippen LogP contribution < -0.4 is 5.32 Å². The summed E-state index contributed by atoms with van der Waals surface area (Å²) < 4.78 is 2.02. The number of hydrogen-bond donors (Lipinski definition) is 1. The first-order valence-corrected chi connectivity index (χ1v) is 6.79. The first kappa shape index (κ1) is 13.5. The van der Waals surface area contributed by atoms with Crippen molar-refractivity contribution >= 4 is 0 Å². The largest absolute Gasteiger partial charge is 0.319 e. The molecule has 1 unspecified atom stereocenters. The maximum Gasteiger partial charge on any atom is 0.141 e. The predicted octanol–water partition coefficient (Wildman–Crippen LogP) is 1.29. The Morgan fingerprint density at radius 1 is 1.50 bits per heavy atom. The fraction of sp³-hybridized carbons (Fsp3) is 0.846. The lowest BCUT2D eigenvalue weighted by Crippen LogP contribution is -2.33. The average molecular weight is 251 g/mol. The van der Waals surface area contributed by atoms with Crippen LogP contribution >= 0.6 is 0 Å². The minimum atomic E-state index is 0.383. The van der Waals surface area contributed by atoms with Gasteiger partial charge in [0.15, 0.2) is 0 Å². The van der Waals surface area contributed by atoms with Crippen molar-refractivity contribution in [3.8, 4) is 0 Å². The third-order valence-corrected chi connectivity index (χ3v) is 3.74. The molecule has 1 aliphatic rings. The third-order valence-electron chi connectivity index (χ3n) is 3.74. The van der Waals surface area contributed by atoms with Crippen LogP contribution in [0.5, 0.6) is 0 Å². The van der Waals surface area contributed by atoms with Gasteiger partial charge in [-0.05, 0) is 39.3 Å². The van der Waals surface area contributed by atoms with E-state index >= 15 is 0 Å². The number of likely N-dealkylation sites (tertiary alicyclic amines) is 1. The number of aromatic nitrogens is 3. The highest BCUT2D eigenvalue weighted by Gasteiger charge is 2.33. The second-order valence-electron chi connectivity index (χ2n) is 6.02. The molecule has 2 rings (SSSR count). The number of rotatable bonds is 5. The zero-order valence-corrected chi connectivity index (χ0v) is 12.0. The molecule has 2 heterocycles. The fourth-order valence-electron chi connectivity index (χ4n) is 2.85. The fourth-order valence-corrected chi connectivity index (χ4v) is 2.85. The lowest BCUT2D eigenvalue weighted by Gasteiger charge is -2.24. The SMILES string of the molecule is CNCC1(C)CCN(Cc2ncnn2C(C)C)C1. The highest BCUT2D eigenvalue weighted by molar-refractivity contribution is 4.93. The molecule has 0 amide bonds. The van der Waals surface area contributed by atoms with Gasteiger partial charge in [0, 0.05) is 19.1 Å². The molecular formula is C13H25N5. The molecule has 0 aromatic carbocycles. The van der Waals surface area contributed by atoms with Crippen LogP contribution in [-0.4, -0.2) is 46.3 Å². The molecule has 0 aliphatic carbocycles. The Kier molecular flexibility index (Phi) is 4.02. The van der Waals surface area contributed by atoms with E-state index in [-0.39, 0.29) is 0 Å². The number of nitrogens with one attached hydrogen (secondary N) is 1. The van der Waals surface area contributed by atoms with Gasteiger partial charge in [0.25, 0.3) is 0 Å². The van der Waals surface area contributed by atoms with E-state index in [1.54, 1.807) is 6.33 Å². The molecule has 1 aromatic rings. The van der Waals surface area contributed by atoms with Crippen molar-refractivity contribution in [2.24, 2.45) is 5.41 Å². The van der Waals surface area contributed by atoms with Crippen molar-refractivity contribution < 1.29 is 0 Å². The molecule has 1 aliphatic heterocycles. The first-order valence-electron chi connectivity index (χ1n) is 6.79. The van der Waals surface area contributed by atoms with Crippen LogP contribution in [0.3, 0.4) is 0 Å². The van der Waals surface area contributed by atoms with Gasteiger partial charge in [-0.15, -0.1) is 0 Å². The van der Waals surface area contributed by atoms with Gasteiger partial charge in [-0.2, -0.15) is 5.10 Å². The van der Waals surface area contributed by atoms with Gasteiger partial charge in [0.2, 0.25) is 0 Å². The van der Waals surface area contributed by atoms with Gasteiger partial charge in [-0.1, -0.05) is 6.92 Å². The summed E-state index contributed by atoms with van der Waals surface area (Å²) >= 11 is 0. The van der Waals surface area contributed by atoms with Crippen LogP contribution in [0.2, 0.25) is 0 Å². The Balaban J connectivity index is 1.97. The second-order valence-corrected chi connectivity index (χ2v) is 6.02. The maximum absolute atomic E-state index is 4.39. The summed E-state index contributed by atoms with van der Waals surface area (Å²) in [6.45, 7) is 10.9. The lowest BCUT2D eigenvalue weighted by molar-refractivity contribution is 0.255. The van der Waals surface area contributed by atoms with Crippen LogP contribution in [0.1, 0.15) is 39.1 Å². The van der Waals surface area contributed by atoms with E-state index < -0.39 is 0 Å². The van der Waals surface area contributed by atoms with Crippen molar-refractivity contribution in [2.45, 2.75) is 39.8 Å². The van der Waals surface area contributed by atoms with Crippen molar-refractivity contribution in [2.75, 3.05) is 26.7 Å². The molecule has 102 valence electrons. The molecule has 18 heavy (non-hydrogen) atoms. The molecule has 1 aromatic heterocycles. The van der Waals surface area contributed by atoms with Gasteiger partial charge in [-0.3, -0.25) is 4.90 Å². The summed E-state index contributed by atoms with van der Waals surface area (Å²) in [7, 11) is 2.03. The van der Waals surface area contributed by atoms with Crippen molar-refractivity contribution in [3.05, 3.63) is 12.2 Å². The first-order chi connectivity index (χ1) is 8.54. The molecule has 1 saturated heterocycles. The molecule has 5 nitrogen and oxygen atoms in total.